The van der Waals surface area contributed by atoms with E-state index < -0.39 is 5.82 Å². The fourth-order valence-corrected chi connectivity index (χ4v) is 3.05. The third-order valence-electron chi connectivity index (χ3n) is 4.45. The van der Waals surface area contributed by atoms with Crippen LogP contribution in [-0.4, -0.2) is 59.4 Å². The molecule has 0 saturated carbocycles. The molecule has 142 valence electrons. The van der Waals surface area contributed by atoms with Crippen molar-refractivity contribution in [2.24, 2.45) is 0 Å². The van der Waals surface area contributed by atoms with Crippen molar-refractivity contribution in [1.29, 1.82) is 0 Å². The Morgan fingerprint density at radius 1 is 1.04 bits per heavy atom. The molecule has 0 radical (unpaired) electrons. The number of benzene rings is 1. The van der Waals surface area contributed by atoms with Gasteiger partial charge in [0.2, 0.25) is 5.88 Å². The smallest absolute Gasteiger partial charge is 0.256 e. The lowest BCUT2D eigenvalue weighted by molar-refractivity contribution is 0.0716. The number of halogens is 1. The summed E-state index contributed by atoms with van der Waals surface area (Å²) in [7, 11) is 0. The fraction of sp³-hybridized carbons (Fsp3) is 0.350. The highest BCUT2D eigenvalue weighted by Gasteiger charge is 2.25. The third kappa shape index (κ3) is 4.42. The van der Waals surface area contributed by atoms with Crippen molar-refractivity contribution in [3.05, 3.63) is 59.5 Å². The van der Waals surface area contributed by atoms with E-state index in [4.69, 9.17) is 4.74 Å². The average molecular weight is 371 g/mol. The van der Waals surface area contributed by atoms with E-state index in [0.29, 0.717) is 50.7 Å². The number of hydrogen-bond donors (Lipinski definition) is 0. The third-order valence-corrected chi connectivity index (χ3v) is 4.45. The summed E-state index contributed by atoms with van der Waals surface area (Å²) >= 11 is 0. The van der Waals surface area contributed by atoms with Gasteiger partial charge in [-0.25, -0.2) is 9.37 Å². The number of carbonyl (C=O) groups is 2. The lowest BCUT2D eigenvalue weighted by Crippen LogP contribution is -2.37. The van der Waals surface area contributed by atoms with Gasteiger partial charge in [0, 0.05) is 38.4 Å². The van der Waals surface area contributed by atoms with E-state index >= 15 is 0 Å². The number of nitrogens with zero attached hydrogens (tertiary/aromatic N) is 3. The van der Waals surface area contributed by atoms with E-state index in [1.165, 1.54) is 18.3 Å². The number of pyridine rings is 1. The van der Waals surface area contributed by atoms with Crippen molar-refractivity contribution in [2.45, 2.75) is 13.3 Å². The van der Waals surface area contributed by atoms with E-state index in [2.05, 4.69) is 4.98 Å². The number of rotatable bonds is 4. The summed E-state index contributed by atoms with van der Waals surface area (Å²) in [5.74, 6) is -0.525. The zero-order chi connectivity index (χ0) is 19.2. The molecule has 1 aromatic carbocycles. The minimum Gasteiger partial charge on any atom is -0.478 e. The molecule has 3 rings (SSSR count). The molecular formula is C20H22FN3O3. The Hall–Kier alpha value is -2.96. The number of carbonyl (C=O) groups excluding carboxylic acids is 2. The van der Waals surface area contributed by atoms with Crippen LogP contribution in [0.1, 0.15) is 34.1 Å². The molecule has 0 unspecified atom stereocenters. The van der Waals surface area contributed by atoms with E-state index in [-0.39, 0.29) is 17.4 Å². The second-order valence-corrected chi connectivity index (χ2v) is 6.24. The zero-order valence-electron chi connectivity index (χ0n) is 15.2. The molecule has 0 bridgehead atoms. The molecule has 2 amide bonds. The Kier molecular flexibility index (Phi) is 6.01. The van der Waals surface area contributed by atoms with Gasteiger partial charge in [0.15, 0.2) is 0 Å². The standard InChI is InChI=1S/C20H22FN3O3/c1-2-27-18-9-8-15(14-22-18)19(25)23-10-5-11-24(13-12-23)20(26)16-6-3-4-7-17(16)21/h3-4,6-9,14H,2,5,10-13H2,1H3. The van der Waals surface area contributed by atoms with E-state index in [0.717, 1.165) is 0 Å². The lowest BCUT2D eigenvalue weighted by Gasteiger charge is -2.22. The van der Waals surface area contributed by atoms with Crippen molar-refractivity contribution in [3.8, 4) is 5.88 Å². The predicted molar refractivity (Wildman–Crippen MR) is 98.2 cm³/mol. The van der Waals surface area contributed by atoms with E-state index in [9.17, 15) is 14.0 Å². The summed E-state index contributed by atoms with van der Waals surface area (Å²) < 4.78 is 19.2. The maximum Gasteiger partial charge on any atom is 0.256 e. The van der Waals surface area contributed by atoms with Gasteiger partial charge >= 0.3 is 0 Å². The second-order valence-electron chi connectivity index (χ2n) is 6.24. The normalized spacial score (nSPS) is 14.6. The van der Waals surface area contributed by atoms with Crippen molar-refractivity contribution < 1.29 is 18.7 Å². The van der Waals surface area contributed by atoms with E-state index in [1.54, 1.807) is 34.1 Å². The molecule has 6 nitrogen and oxygen atoms in total. The van der Waals surface area contributed by atoms with Crippen LogP contribution < -0.4 is 4.74 Å². The molecular weight excluding hydrogens is 349 g/mol. The molecule has 0 atom stereocenters. The monoisotopic (exact) mass is 371 g/mol. The van der Waals surface area contributed by atoms with Crippen LogP contribution in [0.4, 0.5) is 4.39 Å². The highest BCUT2D eigenvalue weighted by Crippen LogP contribution is 2.15. The van der Waals surface area contributed by atoms with Crippen molar-refractivity contribution >= 4 is 11.8 Å². The molecule has 0 spiro atoms. The van der Waals surface area contributed by atoms with Crippen molar-refractivity contribution in [1.82, 2.24) is 14.8 Å². The van der Waals surface area contributed by atoms with Crippen LogP contribution >= 0.6 is 0 Å². The maximum atomic E-state index is 13.9. The van der Waals surface area contributed by atoms with Crippen LogP contribution in [0.3, 0.4) is 0 Å². The van der Waals surface area contributed by atoms with Crippen LogP contribution in [-0.2, 0) is 0 Å². The largest absolute Gasteiger partial charge is 0.478 e. The van der Waals surface area contributed by atoms with Gasteiger partial charge < -0.3 is 14.5 Å². The summed E-state index contributed by atoms with van der Waals surface area (Å²) in [6, 6.07) is 9.32. The topological polar surface area (TPSA) is 62.7 Å². The molecule has 1 aliphatic rings. The molecule has 2 aromatic rings. The zero-order valence-corrected chi connectivity index (χ0v) is 15.2. The molecule has 1 aliphatic heterocycles. The maximum absolute atomic E-state index is 13.9. The molecule has 1 saturated heterocycles. The minimum atomic E-state index is -0.528. The molecule has 0 aliphatic carbocycles. The first-order valence-corrected chi connectivity index (χ1v) is 9.02. The Balaban J connectivity index is 1.65. The summed E-state index contributed by atoms with van der Waals surface area (Å²) in [5.41, 5.74) is 0.542. The minimum absolute atomic E-state index is 0.0630. The van der Waals surface area contributed by atoms with Gasteiger partial charge in [0.05, 0.1) is 17.7 Å². The Morgan fingerprint density at radius 2 is 1.74 bits per heavy atom. The van der Waals surface area contributed by atoms with Crippen LogP contribution in [0.5, 0.6) is 5.88 Å². The van der Waals surface area contributed by atoms with Gasteiger partial charge in [-0.15, -0.1) is 0 Å². The van der Waals surface area contributed by atoms with Gasteiger partial charge in [-0.05, 0) is 31.5 Å². The molecule has 1 fully saturated rings. The van der Waals surface area contributed by atoms with Crippen LogP contribution in [0.2, 0.25) is 0 Å². The first-order valence-electron chi connectivity index (χ1n) is 9.02. The van der Waals surface area contributed by atoms with Gasteiger partial charge in [0.25, 0.3) is 11.8 Å². The summed E-state index contributed by atoms with van der Waals surface area (Å²) in [6.07, 6.45) is 2.14. The summed E-state index contributed by atoms with van der Waals surface area (Å²) in [6.45, 7) is 4.16. The van der Waals surface area contributed by atoms with Gasteiger partial charge in [0.1, 0.15) is 5.82 Å². The summed E-state index contributed by atoms with van der Waals surface area (Å²) in [4.78, 5) is 32.7. The molecule has 7 heteroatoms. The SMILES string of the molecule is CCOc1ccc(C(=O)N2CCCN(C(=O)c3ccccc3F)CC2)cn1. The second kappa shape index (κ2) is 8.62. The van der Waals surface area contributed by atoms with Crippen molar-refractivity contribution in [2.75, 3.05) is 32.8 Å². The van der Waals surface area contributed by atoms with Crippen LogP contribution in [0.15, 0.2) is 42.6 Å². The molecule has 1 aromatic heterocycles. The van der Waals surface area contributed by atoms with Gasteiger partial charge in [-0.1, -0.05) is 12.1 Å². The molecule has 2 heterocycles. The van der Waals surface area contributed by atoms with Crippen LogP contribution in [0.25, 0.3) is 0 Å². The Bertz CT molecular complexity index is 810. The fourth-order valence-electron chi connectivity index (χ4n) is 3.05. The predicted octanol–water partition coefficient (Wildman–Crippen LogP) is 2.61. The average Bonchev–Trinajstić information content (AvgIpc) is 2.94. The highest BCUT2D eigenvalue weighted by molar-refractivity contribution is 5.95. The van der Waals surface area contributed by atoms with Crippen molar-refractivity contribution in [3.63, 3.8) is 0 Å². The highest BCUT2D eigenvalue weighted by atomic mass is 19.1. The first-order chi connectivity index (χ1) is 13.1. The number of aromatic nitrogens is 1. The lowest BCUT2D eigenvalue weighted by atomic mass is 10.2. The van der Waals surface area contributed by atoms with Gasteiger partial charge in [-0.2, -0.15) is 0 Å². The van der Waals surface area contributed by atoms with Crippen LogP contribution in [0, 0.1) is 5.82 Å². The first kappa shape index (κ1) is 18.8. The molecule has 27 heavy (non-hydrogen) atoms. The quantitative estimate of drug-likeness (QED) is 0.829. The number of amides is 2. The van der Waals surface area contributed by atoms with E-state index in [1.807, 2.05) is 6.92 Å². The Morgan fingerprint density at radius 3 is 2.37 bits per heavy atom. The number of hydrogen-bond acceptors (Lipinski definition) is 4. The molecule has 0 N–H and O–H groups in total. The number of ether oxygens (including phenoxy) is 1. The van der Waals surface area contributed by atoms with Gasteiger partial charge in [-0.3, -0.25) is 9.59 Å². The summed E-state index contributed by atoms with van der Waals surface area (Å²) in [5, 5.41) is 0. The Labute approximate surface area is 157 Å².